The van der Waals surface area contributed by atoms with Crippen molar-refractivity contribution < 1.29 is 19.1 Å². The van der Waals surface area contributed by atoms with Crippen LogP contribution in [0.15, 0.2) is 48.9 Å². The summed E-state index contributed by atoms with van der Waals surface area (Å²) in [4.78, 5) is 33.9. The molecule has 7 rings (SSSR count). The summed E-state index contributed by atoms with van der Waals surface area (Å²) in [5, 5.41) is 7.56. The summed E-state index contributed by atoms with van der Waals surface area (Å²) in [6, 6.07) is 11.4. The molecule has 3 aromatic rings. The summed E-state index contributed by atoms with van der Waals surface area (Å²) in [7, 11) is 1.74. The average molecular weight is 682 g/mol. The predicted octanol–water partition coefficient (Wildman–Crippen LogP) is 8.55. The molecule has 4 saturated carbocycles. The lowest BCUT2D eigenvalue weighted by molar-refractivity contribution is -0.124. The van der Waals surface area contributed by atoms with Crippen LogP contribution in [0.4, 0.5) is 10.6 Å². The summed E-state index contributed by atoms with van der Waals surface area (Å²) in [6.07, 6.45) is 18.5. The molecule has 3 unspecified atom stereocenters. The van der Waals surface area contributed by atoms with Crippen molar-refractivity contribution in [2.75, 3.05) is 18.6 Å². The molecule has 4 aliphatic rings. The number of pyridine rings is 1. The summed E-state index contributed by atoms with van der Waals surface area (Å²) in [6.45, 7) is 7.07. The summed E-state index contributed by atoms with van der Waals surface area (Å²) >= 11 is 0. The number of hydrogen-bond donors (Lipinski definition) is 1. The molecule has 4 aliphatic carbocycles. The summed E-state index contributed by atoms with van der Waals surface area (Å²) in [5.41, 5.74) is 4.89. The molecule has 4 fully saturated rings. The molecule has 0 spiro atoms. The lowest BCUT2D eigenvalue weighted by Crippen LogP contribution is -2.47. The highest BCUT2D eigenvalue weighted by atomic mass is 16.6. The van der Waals surface area contributed by atoms with E-state index >= 15 is 0 Å². The lowest BCUT2D eigenvalue weighted by atomic mass is 9.56. The maximum Gasteiger partial charge on any atom is 0.407 e. The summed E-state index contributed by atoms with van der Waals surface area (Å²) < 4.78 is 13.3. The standard InChI is InChI=1S/C41H55N5O4/c1-27(2)46-26-33(24-43-46)30-17-20-42-38(22-30)45(39(47)29-10-13-36(14-11-29)50-40(48)44-35-8-5-9-35)25-32-16-19-41(18-6-7-31(32)23-41)34-12-15-37(49-4)28(3)21-34/h12,15,17,20-22,24,26-27,29,31-32,35-36H,5-11,13-14,16,18-19,23,25H2,1-4H3,(H,44,48). The number of ether oxygens (including phenoxy) is 2. The molecule has 0 aliphatic heterocycles. The Morgan fingerprint density at radius 2 is 1.82 bits per heavy atom. The highest BCUT2D eigenvalue weighted by Gasteiger charge is 2.46. The van der Waals surface area contributed by atoms with Crippen LogP contribution in [-0.4, -0.2) is 52.6 Å². The number of carbonyl (C=O) groups excluding carboxylic acids is 2. The molecule has 2 aromatic heterocycles. The molecule has 3 atom stereocenters. The van der Waals surface area contributed by atoms with Gasteiger partial charge in [-0.2, -0.15) is 5.10 Å². The first-order chi connectivity index (χ1) is 24.2. The number of aromatic nitrogens is 3. The van der Waals surface area contributed by atoms with Crippen LogP contribution in [0, 0.1) is 24.7 Å². The number of amides is 2. The SMILES string of the molecule is COc1ccc(C23CCCC(C2)C(CN(C(=O)C2CCC(OC(=O)NC4CCC4)CC2)c2cc(-c4cnn(C(C)C)c4)ccn2)CC3)cc1C. The van der Waals surface area contributed by atoms with Crippen LogP contribution in [0.3, 0.4) is 0 Å². The molecule has 1 N–H and O–H groups in total. The van der Waals surface area contributed by atoms with Crippen LogP contribution in [0.2, 0.25) is 0 Å². The van der Waals surface area contributed by atoms with Crippen molar-refractivity contribution in [1.82, 2.24) is 20.1 Å². The molecular formula is C41H55N5O4. The van der Waals surface area contributed by atoms with Crippen LogP contribution >= 0.6 is 0 Å². The van der Waals surface area contributed by atoms with Gasteiger partial charge in [0.05, 0.1) is 13.3 Å². The molecule has 9 heteroatoms. The van der Waals surface area contributed by atoms with Crippen molar-refractivity contribution in [2.45, 2.75) is 128 Å². The van der Waals surface area contributed by atoms with Gasteiger partial charge in [-0.3, -0.25) is 14.4 Å². The number of fused-ring (bicyclic) bond motifs is 2. The van der Waals surface area contributed by atoms with Gasteiger partial charge in [0.2, 0.25) is 5.91 Å². The van der Waals surface area contributed by atoms with E-state index in [1.54, 1.807) is 7.11 Å². The molecule has 9 nitrogen and oxygen atoms in total. The highest BCUT2D eigenvalue weighted by Crippen LogP contribution is 2.53. The van der Waals surface area contributed by atoms with Gasteiger partial charge in [0.1, 0.15) is 17.7 Å². The molecule has 0 saturated heterocycles. The Bertz CT molecular complexity index is 1660. The largest absolute Gasteiger partial charge is 0.496 e. The first kappa shape index (κ1) is 34.6. The van der Waals surface area contributed by atoms with Gasteiger partial charge in [-0.05, 0) is 144 Å². The van der Waals surface area contributed by atoms with E-state index in [1.165, 1.54) is 43.2 Å². The van der Waals surface area contributed by atoms with E-state index in [0.29, 0.717) is 44.1 Å². The van der Waals surface area contributed by atoms with Gasteiger partial charge >= 0.3 is 6.09 Å². The Morgan fingerprint density at radius 3 is 2.52 bits per heavy atom. The van der Waals surface area contributed by atoms with Crippen molar-refractivity contribution >= 4 is 17.8 Å². The fraction of sp³-hybridized carbons (Fsp3) is 0.610. The van der Waals surface area contributed by atoms with Gasteiger partial charge in [-0.25, -0.2) is 9.78 Å². The van der Waals surface area contributed by atoms with Crippen molar-refractivity contribution in [3.8, 4) is 16.9 Å². The third-order valence-corrected chi connectivity index (χ3v) is 12.4. The van der Waals surface area contributed by atoms with Crippen LogP contribution in [0.1, 0.15) is 114 Å². The fourth-order valence-corrected chi connectivity index (χ4v) is 9.19. The van der Waals surface area contributed by atoms with Crippen LogP contribution in [-0.2, 0) is 14.9 Å². The van der Waals surface area contributed by atoms with Gasteiger partial charge in [-0.15, -0.1) is 0 Å². The van der Waals surface area contributed by atoms with Crippen molar-refractivity contribution in [3.05, 3.63) is 60.0 Å². The molecule has 0 radical (unpaired) electrons. The summed E-state index contributed by atoms with van der Waals surface area (Å²) in [5.74, 6) is 2.68. The minimum Gasteiger partial charge on any atom is -0.496 e. The fourth-order valence-electron chi connectivity index (χ4n) is 9.19. The molecule has 2 bridgehead atoms. The third-order valence-electron chi connectivity index (χ3n) is 12.4. The predicted molar refractivity (Wildman–Crippen MR) is 195 cm³/mol. The number of rotatable bonds is 10. The number of carbonyl (C=O) groups is 2. The van der Waals surface area contributed by atoms with Crippen molar-refractivity contribution in [1.29, 1.82) is 0 Å². The number of hydrogen-bond acceptors (Lipinski definition) is 6. The second kappa shape index (κ2) is 14.8. The number of aryl methyl sites for hydroxylation is 1. The monoisotopic (exact) mass is 681 g/mol. The zero-order valence-corrected chi connectivity index (χ0v) is 30.4. The molecule has 2 heterocycles. The Balaban J connectivity index is 1.09. The van der Waals surface area contributed by atoms with Crippen LogP contribution in [0.5, 0.6) is 5.75 Å². The van der Waals surface area contributed by atoms with Crippen molar-refractivity contribution in [3.63, 3.8) is 0 Å². The van der Waals surface area contributed by atoms with E-state index in [4.69, 9.17) is 14.5 Å². The number of nitrogens with zero attached hydrogens (tertiary/aromatic N) is 4. The maximum atomic E-state index is 14.6. The Morgan fingerprint density at radius 1 is 1.00 bits per heavy atom. The topological polar surface area (TPSA) is 98.6 Å². The van der Waals surface area contributed by atoms with Crippen molar-refractivity contribution in [2.24, 2.45) is 17.8 Å². The Labute approximate surface area is 297 Å². The zero-order valence-electron chi connectivity index (χ0n) is 30.4. The van der Waals surface area contributed by atoms with Gasteiger partial charge in [0.15, 0.2) is 0 Å². The number of anilines is 1. The minimum atomic E-state index is -0.307. The van der Waals surface area contributed by atoms with Gasteiger partial charge in [0.25, 0.3) is 0 Å². The second-order valence-corrected chi connectivity index (χ2v) is 15.9. The van der Waals surface area contributed by atoms with E-state index in [0.717, 1.165) is 48.4 Å². The number of alkyl carbamates (subject to hydrolysis) is 1. The smallest absolute Gasteiger partial charge is 0.407 e. The molecule has 268 valence electrons. The van der Waals surface area contributed by atoms with Crippen LogP contribution in [0.25, 0.3) is 11.1 Å². The van der Waals surface area contributed by atoms with E-state index in [2.05, 4.69) is 61.6 Å². The number of nitrogens with one attached hydrogen (secondary N) is 1. The average Bonchev–Trinajstić information content (AvgIpc) is 3.61. The van der Waals surface area contributed by atoms with E-state index < -0.39 is 0 Å². The van der Waals surface area contributed by atoms with E-state index in [1.807, 2.05) is 28.0 Å². The van der Waals surface area contributed by atoms with Gasteiger partial charge < -0.3 is 14.8 Å². The zero-order chi connectivity index (χ0) is 34.8. The first-order valence-electron chi connectivity index (χ1n) is 19.2. The molecule has 1 aromatic carbocycles. The molecular weight excluding hydrogens is 626 g/mol. The van der Waals surface area contributed by atoms with E-state index in [9.17, 15) is 9.59 Å². The van der Waals surface area contributed by atoms with Crippen LogP contribution < -0.4 is 15.0 Å². The Hall–Kier alpha value is -3.88. The van der Waals surface area contributed by atoms with Gasteiger partial charge in [-0.1, -0.05) is 25.0 Å². The van der Waals surface area contributed by atoms with E-state index in [-0.39, 0.29) is 41.5 Å². The second-order valence-electron chi connectivity index (χ2n) is 15.9. The van der Waals surface area contributed by atoms with Gasteiger partial charge in [0, 0.05) is 42.5 Å². The number of benzene rings is 1. The molecule has 50 heavy (non-hydrogen) atoms. The Kier molecular flexibility index (Phi) is 10.2. The third kappa shape index (κ3) is 7.28. The normalized spacial score (nSPS) is 26.6. The molecule has 2 amide bonds. The lowest BCUT2D eigenvalue weighted by Gasteiger charge is -2.50. The highest BCUT2D eigenvalue weighted by molar-refractivity contribution is 5.94. The quantitative estimate of drug-likeness (QED) is 0.230. The first-order valence-corrected chi connectivity index (χ1v) is 19.2. The minimum absolute atomic E-state index is 0.116. The maximum absolute atomic E-state index is 14.6. The number of methoxy groups -OCH3 is 1.